The van der Waals surface area contributed by atoms with Crippen LogP contribution >= 0.6 is 0 Å². The summed E-state index contributed by atoms with van der Waals surface area (Å²) in [7, 11) is -0.909. The zero-order chi connectivity index (χ0) is 12.8. The number of nitrogens with zero attached hydrogens (tertiary/aromatic N) is 1. The second kappa shape index (κ2) is 6.44. The molecular formula is C11H15FN2O2S. The zero-order valence-electron chi connectivity index (χ0n) is 9.77. The molecule has 0 aromatic carbocycles. The van der Waals surface area contributed by atoms with Crippen LogP contribution in [0.5, 0.6) is 0 Å². The normalized spacial score (nSPS) is 14.1. The number of halogens is 1. The first kappa shape index (κ1) is 13.8. The van der Waals surface area contributed by atoms with Gasteiger partial charge in [0.15, 0.2) is 5.82 Å². The number of rotatable bonds is 5. The minimum absolute atomic E-state index is 0.0117. The minimum atomic E-state index is -0.909. The lowest BCUT2D eigenvalue weighted by Gasteiger charge is -2.09. The Balaban J connectivity index is 2.46. The first-order valence-electron chi connectivity index (χ1n) is 5.22. The van der Waals surface area contributed by atoms with Gasteiger partial charge in [0.2, 0.25) is 0 Å². The standard InChI is InChI=1S/C11H15FN2O2S/c1-8(17(2)16)3-6-14-11(15)9-4-5-13-7-10(9)12/h4-5,7-8H,3,6H2,1-2H3,(H,14,15). The lowest BCUT2D eigenvalue weighted by Crippen LogP contribution is -2.28. The van der Waals surface area contributed by atoms with Crippen molar-refractivity contribution < 1.29 is 13.4 Å². The van der Waals surface area contributed by atoms with Gasteiger partial charge >= 0.3 is 0 Å². The molecule has 1 N–H and O–H groups in total. The summed E-state index contributed by atoms with van der Waals surface area (Å²) < 4.78 is 24.3. The molecule has 0 saturated heterocycles. The summed E-state index contributed by atoms with van der Waals surface area (Å²) in [6, 6.07) is 1.33. The molecule has 1 heterocycles. The Bertz CT molecular complexity index is 426. The molecular weight excluding hydrogens is 243 g/mol. The number of pyridine rings is 1. The van der Waals surface area contributed by atoms with Crippen molar-refractivity contribution in [2.45, 2.75) is 18.6 Å². The average molecular weight is 258 g/mol. The first-order chi connectivity index (χ1) is 8.02. The van der Waals surface area contributed by atoms with Crippen molar-refractivity contribution in [2.75, 3.05) is 12.8 Å². The molecule has 1 rings (SSSR count). The quantitative estimate of drug-likeness (QED) is 0.860. The Hall–Kier alpha value is -1.30. The van der Waals surface area contributed by atoms with E-state index in [0.717, 1.165) is 6.20 Å². The Morgan fingerprint density at radius 1 is 1.65 bits per heavy atom. The van der Waals surface area contributed by atoms with Crippen molar-refractivity contribution in [3.8, 4) is 0 Å². The number of hydrogen-bond donors (Lipinski definition) is 1. The van der Waals surface area contributed by atoms with Crippen LogP contribution < -0.4 is 5.32 Å². The third kappa shape index (κ3) is 4.22. The highest BCUT2D eigenvalue weighted by atomic mass is 32.2. The minimum Gasteiger partial charge on any atom is -0.352 e. The van der Waals surface area contributed by atoms with E-state index in [0.29, 0.717) is 13.0 Å². The van der Waals surface area contributed by atoms with Crippen LogP contribution in [0, 0.1) is 5.82 Å². The van der Waals surface area contributed by atoms with E-state index in [1.807, 2.05) is 6.92 Å². The monoisotopic (exact) mass is 258 g/mol. The predicted molar refractivity (Wildman–Crippen MR) is 64.7 cm³/mol. The number of carbonyl (C=O) groups is 1. The molecule has 0 bridgehead atoms. The average Bonchev–Trinajstić information content (AvgIpc) is 2.29. The van der Waals surface area contributed by atoms with Gasteiger partial charge in [0.25, 0.3) is 5.91 Å². The molecule has 0 aliphatic carbocycles. The van der Waals surface area contributed by atoms with Gasteiger partial charge in [-0.05, 0) is 12.5 Å². The SMILES string of the molecule is CC(CCNC(=O)c1ccncc1F)S(C)=O. The van der Waals surface area contributed by atoms with Crippen molar-refractivity contribution in [2.24, 2.45) is 0 Å². The maximum Gasteiger partial charge on any atom is 0.254 e. The van der Waals surface area contributed by atoms with Gasteiger partial charge in [-0.15, -0.1) is 0 Å². The molecule has 0 saturated carbocycles. The van der Waals surface area contributed by atoms with E-state index >= 15 is 0 Å². The lowest BCUT2D eigenvalue weighted by molar-refractivity contribution is 0.0949. The fourth-order valence-electron chi connectivity index (χ4n) is 1.21. The highest BCUT2D eigenvalue weighted by Gasteiger charge is 2.11. The van der Waals surface area contributed by atoms with Crippen molar-refractivity contribution in [3.05, 3.63) is 29.8 Å². The molecule has 0 aliphatic heterocycles. The maximum atomic E-state index is 13.2. The van der Waals surface area contributed by atoms with Gasteiger partial charge in [-0.25, -0.2) is 4.39 Å². The second-order valence-corrected chi connectivity index (χ2v) is 5.51. The maximum absolute atomic E-state index is 13.2. The number of amides is 1. The van der Waals surface area contributed by atoms with E-state index in [-0.39, 0.29) is 10.8 Å². The molecule has 4 nitrogen and oxygen atoms in total. The second-order valence-electron chi connectivity index (χ2n) is 3.71. The number of aromatic nitrogens is 1. The van der Waals surface area contributed by atoms with Crippen molar-refractivity contribution in [1.29, 1.82) is 0 Å². The molecule has 1 aromatic rings. The van der Waals surface area contributed by atoms with Gasteiger partial charge in [-0.3, -0.25) is 14.0 Å². The van der Waals surface area contributed by atoms with Gasteiger partial charge in [0, 0.05) is 35.0 Å². The van der Waals surface area contributed by atoms with Crippen LogP contribution in [0.2, 0.25) is 0 Å². The van der Waals surface area contributed by atoms with Crippen LogP contribution in [0.3, 0.4) is 0 Å². The predicted octanol–water partition coefficient (Wildman–Crippen LogP) is 1.11. The third-order valence-corrected chi connectivity index (χ3v) is 3.79. The number of nitrogens with one attached hydrogen (secondary N) is 1. The molecule has 94 valence electrons. The molecule has 0 radical (unpaired) electrons. The van der Waals surface area contributed by atoms with E-state index in [9.17, 15) is 13.4 Å². The van der Waals surface area contributed by atoms with Crippen LogP contribution in [0.25, 0.3) is 0 Å². The van der Waals surface area contributed by atoms with E-state index in [1.165, 1.54) is 12.3 Å². The summed E-state index contributed by atoms with van der Waals surface area (Å²) in [5.74, 6) is -1.11. The molecule has 0 aliphatic rings. The summed E-state index contributed by atoms with van der Waals surface area (Å²) in [4.78, 5) is 15.1. The fraction of sp³-hybridized carbons (Fsp3) is 0.455. The van der Waals surface area contributed by atoms with Crippen molar-refractivity contribution in [3.63, 3.8) is 0 Å². The van der Waals surface area contributed by atoms with Crippen LogP contribution in [0.15, 0.2) is 18.5 Å². The first-order valence-corrected chi connectivity index (χ1v) is 6.84. The Labute approximate surface area is 102 Å². The molecule has 0 spiro atoms. The van der Waals surface area contributed by atoms with Gasteiger partial charge < -0.3 is 5.32 Å². The Morgan fingerprint density at radius 3 is 2.94 bits per heavy atom. The van der Waals surface area contributed by atoms with E-state index in [2.05, 4.69) is 10.3 Å². The number of hydrogen-bond acceptors (Lipinski definition) is 3. The Kier molecular flexibility index (Phi) is 5.21. The van der Waals surface area contributed by atoms with Crippen LogP contribution in [-0.2, 0) is 10.8 Å². The molecule has 2 unspecified atom stereocenters. The molecule has 6 heteroatoms. The summed E-state index contributed by atoms with van der Waals surface area (Å²) in [5, 5.41) is 2.60. The summed E-state index contributed by atoms with van der Waals surface area (Å²) in [5.41, 5.74) is -0.0229. The highest BCUT2D eigenvalue weighted by Crippen LogP contribution is 2.04. The molecule has 17 heavy (non-hydrogen) atoms. The lowest BCUT2D eigenvalue weighted by atomic mass is 10.2. The van der Waals surface area contributed by atoms with Gasteiger partial charge in [0.05, 0.1) is 11.8 Å². The van der Waals surface area contributed by atoms with Gasteiger partial charge in [-0.1, -0.05) is 6.92 Å². The molecule has 0 fully saturated rings. The summed E-state index contributed by atoms with van der Waals surface area (Å²) >= 11 is 0. The van der Waals surface area contributed by atoms with Crippen LogP contribution in [0.1, 0.15) is 23.7 Å². The molecule has 1 amide bonds. The smallest absolute Gasteiger partial charge is 0.254 e. The van der Waals surface area contributed by atoms with Crippen molar-refractivity contribution in [1.82, 2.24) is 10.3 Å². The molecule has 1 aromatic heterocycles. The van der Waals surface area contributed by atoms with Crippen LogP contribution in [-0.4, -0.2) is 33.2 Å². The van der Waals surface area contributed by atoms with Crippen LogP contribution in [0.4, 0.5) is 4.39 Å². The van der Waals surface area contributed by atoms with Gasteiger partial charge in [0.1, 0.15) is 0 Å². The fourth-order valence-corrected chi connectivity index (χ4v) is 1.66. The van der Waals surface area contributed by atoms with Gasteiger partial charge in [-0.2, -0.15) is 0 Å². The highest BCUT2D eigenvalue weighted by molar-refractivity contribution is 7.84. The topological polar surface area (TPSA) is 59.1 Å². The number of carbonyl (C=O) groups excluding carboxylic acids is 1. The van der Waals surface area contributed by atoms with Crippen molar-refractivity contribution >= 4 is 16.7 Å². The van der Waals surface area contributed by atoms with E-state index in [4.69, 9.17) is 0 Å². The van der Waals surface area contributed by atoms with E-state index in [1.54, 1.807) is 6.26 Å². The zero-order valence-corrected chi connectivity index (χ0v) is 10.6. The third-order valence-electron chi connectivity index (χ3n) is 2.42. The summed E-state index contributed by atoms with van der Waals surface area (Å²) in [6.45, 7) is 2.22. The van der Waals surface area contributed by atoms with E-state index < -0.39 is 22.5 Å². The Morgan fingerprint density at radius 2 is 2.35 bits per heavy atom. The molecule has 2 atom stereocenters. The largest absolute Gasteiger partial charge is 0.352 e. The summed E-state index contributed by atoms with van der Waals surface area (Å²) in [6.07, 6.45) is 4.58.